The van der Waals surface area contributed by atoms with Crippen molar-refractivity contribution in [3.63, 3.8) is 0 Å². The summed E-state index contributed by atoms with van der Waals surface area (Å²) in [7, 11) is -0.502. The number of amides is 1. The lowest BCUT2D eigenvalue weighted by atomic mass is 10.1. The molecule has 53 heavy (non-hydrogen) atoms. The zero-order valence-corrected chi connectivity index (χ0v) is 32.6. The first kappa shape index (κ1) is 39.2. The van der Waals surface area contributed by atoms with Crippen LogP contribution in [0.25, 0.3) is 0 Å². The highest BCUT2D eigenvalue weighted by Gasteiger charge is 2.30. The van der Waals surface area contributed by atoms with Crippen molar-refractivity contribution in [3.05, 3.63) is 144 Å². The number of ketones is 2. The average Bonchev–Trinajstić information content (AvgIpc) is 3.13. The lowest BCUT2D eigenvalue weighted by molar-refractivity contribution is -0.138. The Morgan fingerprint density at radius 2 is 1.02 bits per heavy atom. The van der Waals surface area contributed by atoms with Gasteiger partial charge < -0.3 is 14.8 Å². The van der Waals surface area contributed by atoms with E-state index in [1.165, 1.54) is 0 Å². The molecule has 0 saturated heterocycles. The summed E-state index contributed by atoms with van der Waals surface area (Å²) >= 11 is 3.27. The standard InChI is InChI=1S/C43H39NO6S3/c1-27(2)42(47)49-24-23-44-43(48)50-41-28(3)25-40(26-29(41)4)53(38-19-15-36(16-20-38)51-34-11-7-32(8-12-34)30(5)45)39-21-17-37(18-22-39)52-35-13-9-33(10-14-35)31(6)46/h7-22,25-26H,1,23-24H2,2-6H3/p+1. The van der Waals surface area contributed by atoms with Gasteiger partial charge in [-0.1, -0.05) is 54.4 Å². The van der Waals surface area contributed by atoms with E-state index in [-0.39, 0.29) is 30.3 Å². The number of hydrogen-bond acceptors (Lipinski definition) is 8. The molecule has 1 N–H and O–H groups in total. The predicted molar refractivity (Wildman–Crippen MR) is 212 cm³/mol. The van der Waals surface area contributed by atoms with Crippen molar-refractivity contribution in [1.82, 2.24) is 5.32 Å². The summed E-state index contributed by atoms with van der Waals surface area (Å²) in [6.07, 6.45) is -0.637. The minimum absolute atomic E-state index is 0.00732. The van der Waals surface area contributed by atoms with Gasteiger partial charge in [-0.3, -0.25) is 9.59 Å². The van der Waals surface area contributed by atoms with Gasteiger partial charge in [0.2, 0.25) is 0 Å². The van der Waals surface area contributed by atoms with E-state index in [1.54, 1.807) is 44.3 Å². The maximum Gasteiger partial charge on any atom is 0.412 e. The first-order chi connectivity index (χ1) is 25.4. The Morgan fingerprint density at radius 3 is 1.40 bits per heavy atom. The largest absolute Gasteiger partial charge is 0.460 e. The number of benzene rings is 5. The minimum Gasteiger partial charge on any atom is -0.460 e. The molecule has 0 atom stereocenters. The summed E-state index contributed by atoms with van der Waals surface area (Å²) < 4.78 is 10.8. The van der Waals surface area contributed by atoms with Crippen molar-refractivity contribution in [2.75, 3.05) is 13.2 Å². The van der Waals surface area contributed by atoms with Crippen LogP contribution in [0.3, 0.4) is 0 Å². The van der Waals surface area contributed by atoms with Gasteiger partial charge in [-0.15, -0.1) is 0 Å². The maximum absolute atomic E-state index is 12.7. The maximum atomic E-state index is 12.7. The van der Waals surface area contributed by atoms with Crippen LogP contribution in [0.1, 0.15) is 52.6 Å². The topological polar surface area (TPSA) is 98.8 Å². The number of rotatable bonds is 14. The van der Waals surface area contributed by atoms with E-state index >= 15 is 0 Å². The van der Waals surface area contributed by atoms with Gasteiger partial charge in [0.25, 0.3) is 0 Å². The molecule has 0 aliphatic heterocycles. The third-order valence-corrected chi connectivity index (χ3v) is 12.2. The van der Waals surface area contributed by atoms with E-state index in [0.717, 1.165) is 45.4 Å². The van der Waals surface area contributed by atoms with Crippen LogP contribution in [-0.4, -0.2) is 36.8 Å². The second-order valence-corrected chi connectivity index (χ2v) is 16.6. The molecule has 0 aliphatic carbocycles. The fourth-order valence-corrected chi connectivity index (χ4v) is 9.08. The van der Waals surface area contributed by atoms with E-state index in [1.807, 2.05) is 62.4 Å². The highest BCUT2D eigenvalue weighted by Crippen LogP contribution is 2.38. The molecule has 5 aromatic rings. The molecule has 270 valence electrons. The molecule has 5 rings (SSSR count). The van der Waals surface area contributed by atoms with Crippen molar-refractivity contribution in [3.8, 4) is 5.75 Å². The van der Waals surface area contributed by atoms with E-state index in [9.17, 15) is 19.2 Å². The predicted octanol–water partition coefficient (Wildman–Crippen LogP) is 10.3. The van der Waals surface area contributed by atoms with Crippen molar-refractivity contribution in [2.24, 2.45) is 0 Å². The number of carbonyl (C=O) groups is 4. The molecule has 0 heterocycles. The van der Waals surface area contributed by atoms with Gasteiger partial charge in [-0.2, -0.15) is 0 Å². The molecule has 0 saturated carbocycles. The summed E-state index contributed by atoms with van der Waals surface area (Å²) in [6, 6.07) is 36.4. The van der Waals surface area contributed by atoms with E-state index in [4.69, 9.17) is 9.47 Å². The molecule has 0 aromatic heterocycles. The molecular formula is C43H40NO6S3+. The summed E-state index contributed by atoms with van der Waals surface area (Å²) in [5, 5.41) is 2.63. The van der Waals surface area contributed by atoms with Crippen LogP contribution in [0.5, 0.6) is 5.75 Å². The number of esters is 1. The van der Waals surface area contributed by atoms with Gasteiger partial charge in [0.1, 0.15) is 12.4 Å². The smallest absolute Gasteiger partial charge is 0.412 e. The van der Waals surface area contributed by atoms with Gasteiger partial charge >= 0.3 is 12.1 Å². The van der Waals surface area contributed by atoms with Crippen LogP contribution >= 0.6 is 23.5 Å². The molecule has 0 radical (unpaired) electrons. The third-order valence-electron chi connectivity index (χ3n) is 7.93. The Labute approximate surface area is 321 Å². The molecule has 10 heteroatoms. The Morgan fingerprint density at radius 1 is 0.623 bits per heavy atom. The van der Waals surface area contributed by atoms with Gasteiger partial charge in [0.15, 0.2) is 26.3 Å². The second kappa shape index (κ2) is 18.1. The number of carbonyl (C=O) groups excluding carboxylic acids is 4. The Hall–Kier alpha value is -5.03. The Kier molecular flexibility index (Phi) is 13.4. The van der Waals surface area contributed by atoms with Crippen LogP contribution in [-0.2, 0) is 20.4 Å². The summed E-state index contributed by atoms with van der Waals surface area (Å²) in [5.74, 6) is 0.0411. The number of aryl methyl sites for hydroxylation is 2. The SMILES string of the molecule is C=C(C)C(=O)OCCNC(=O)Oc1c(C)cc([S+](c2ccc(Sc3ccc(C(C)=O)cc3)cc2)c2ccc(Sc3ccc(C(C)=O)cc3)cc2)cc1C. The Bertz CT molecular complexity index is 2000. The zero-order valence-electron chi connectivity index (χ0n) is 30.2. The molecule has 0 fully saturated rings. The van der Waals surface area contributed by atoms with Gasteiger partial charge in [-0.25, -0.2) is 9.59 Å². The average molecular weight is 763 g/mol. The summed E-state index contributed by atoms with van der Waals surface area (Å²) in [4.78, 5) is 55.3. The zero-order chi connectivity index (χ0) is 38.1. The summed E-state index contributed by atoms with van der Waals surface area (Å²) in [6.45, 7) is 12.2. The molecular weight excluding hydrogens is 723 g/mol. The molecule has 5 aromatic carbocycles. The lowest BCUT2D eigenvalue weighted by Crippen LogP contribution is -2.31. The van der Waals surface area contributed by atoms with Crippen LogP contribution in [0.2, 0.25) is 0 Å². The molecule has 0 bridgehead atoms. The quantitative estimate of drug-likeness (QED) is 0.0393. The first-order valence-corrected chi connectivity index (χ1v) is 19.7. The fourth-order valence-electron chi connectivity index (χ4n) is 5.22. The minimum atomic E-state index is -0.637. The summed E-state index contributed by atoms with van der Waals surface area (Å²) in [5.41, 5.74) is 3.28. The third kappa shape index (κ3) is 10.8. The van der Waals surface area contributed by atoms with Crippen LogP contribution in [0, 0.1) is 13.8 Å². The van der Waals surface area contributed by atoms with Gasteiger partial charge in [0.05, 0.1) is 17.4 Å². The first-order valence-electron chi connectivity index (χ1n) is 16.8. The number of nitrogens with one attached hydrogen (secondary N) is 1. The molecule has 1 amide bonds. The van der Waals surface area contributed by atoms with E-state index in [0.29, 0.717) is 16.9 Å². The molecule has 0 aliphatic rings. The highest BCUT2D eigenvalue weighted by molar-refractivity contribution is 7.99. The van der Waals surface area contributed by atoms with Gasteiger partial charge in [-0.05, 0) is 119 Å². The van der Waals surface area contributed by atoms with Crippen LogP contribution in [0.4, 0.5) is 4.79 Å². The number of ether oxygens (including phenoxy) is 2. The van der Waals surface area contributed by atoms with Crippen LogP contribution < -0.4 is 10.1 Å². The Balaban J connectivity index is 1.39. The normalized spacial score (nSPS) is 10.8. The lowest BCUT2D eigenvalue weighted by Gasteiger charge is -2.15. The number of hydrogen-bond donors (Lipinski definition) is 1. The van der Waals surface area contributed by atoms with Crippen molar-refractivity contribution in [2.45, 2.75) is 68.9 Å². The monoisotopic (exact) mass is 762 g/mol. The highest BCUT2D eigenvalue weighted by atomic mass is 32.2. The van der Waals surface area contributed by atoms with Crippen molar-refractivity contribution < 1.29 is 28.7 Å². The fraction of sp³-hybridized carbons (Fsp3) is 0.163. The van der Waals surface area contributed by atoms with E-state index in [2.05, 4.69) is 72.6 Å². The van der Waals surface area contributed by atoms with Crippen molar-refractivity contribution >= 4 is 58.0 Å². The van der Waals surface area contributed by atoms with Gasteiger partial charge in [0, 0.05) is 48.4 Å². The second-order valence-electron chi connectivity index (χ2n) is 12.2. The molecule has 7 nitrogen and oxygen atoms in total. The molecule has 0 spiro atoms. The van der Waals surface area contributed by atoms with Crippen molar-refractivity contribution in [1.29, 1.82) is 0 Å². The molecule has 0 unspecified atom stereocenters. The number of Topliss-reactive ketones (excluding diaryl/α,β-unsaturated/α-hetero) is 2. The van der Waals surface area contributed by atoms with E-state index < -0.39 is 23.0 Å². The van der Waals surface area contributed by atoms with Crippen LogP contribution in [0.15, 0.2) is 156 Å².